The Bertz CT molecular complexity index is 812. The van der Waals surface area contributed by atoms with E-state index in [1.54, 1.807) is 0 Å². The van der Waals surface area contributed by atoms with Gasteiger partial charge in [-0.3, -0.25) is 4.79 Å². The molecule has 0 aliphatic carbocycles. The van der Waals surface area contributed by atoms with Crippen LogP contribution in [-0.2, 0) is 16.1 Å². The molecule has 1 aromatic carbocycles. The third-order valence-electron chi connectivity index (χ3n) is 4.74. The summed E-state index contributed by atoms with van der Waals surface area (Å²) in [5.74, 6) is -0.167. The Morgan fingerprint density at radius 3 is 2.76 bits per heavy atom. The van der Waals surface area contributed by atoms with E-state index in [2.05, 4.69) is 11.8 Å². The van der Waals surface area contributed by atoms with Crippen molar-refractivity contribution >= 4 is 17.6 Å². The van der Waals surface area contributed by atoms with Gasteiger partial charge in [0.2, 0.25) is 11.7 Å². The van der Waals surface area contributed by atoms with E-state index >= 15 is 0 Å². The van der Waals surface area contributed by atoms with Gasteiger partial charge in [0.25, 0.3) is 0 Å². The van der Waals surface area contributed by atoms with Crippen molar-refractivity contribution in [1.29, 1.82) is 0 Å². The maximum absolute atomic E-state index is 11.8. The number of methoxy groups -OCH3 is 1. The summed E-state index contributed by atoms with van der Waals surface area (Å²) in [6.07, 6.45) is 0.649. The summed E-state index contributed by atoms with van der Waals surface area (Å²) in [6.45, 7) is 4.38. The fraction of sp³-hybridized carbons (Fsp3) is 0.368. The quantitative estimate of drug-likeness (QED) is 0.864. The fourth-order valence-corrected chi connectivity index (χ4v) is 3.48. The Morgan fingerprint density at radius 2 is 2.08 bits per heavy atom. The van der Waals surface area contributed by atoms with Gasteiger partial charge < -0.3 is 19.8 Å². The molecule has 0 fully saturated rings. The van der Waals surface area contributed by atoms with Gasteiger partial charge in [-0.15, -0.1) is 0 Å². The van der Waals surface area contributed by atoms with Crippen LogP contribution in [0.2, 0.25) is 0 Å². The Labute approximate surface area is 146 Å². The number of primary amides is 1. The van der Waals surface area contributed by atoms with Gasteiger partial charge in [-0.1, -0.05) is 18.2 Å². The summed E-state index contributed by atoms with van der Waals surface area (Å²) in [4.78, 5) is 25.7. The van der Waals surface area contributed by atoms with Crippen molar-refractivity contribution in [2.75, 3.05) is 12.0 Å². The maximum Gasteiger partial charge on any atom is 0.374 e. The summed E-state index contributed by atoms with van der Waals surface area (Å²) in [5.41, 5.74) is 8.24. The predicted molar refractivity (Wildman–Crippen MR) is 93.4 cm³/mol. The van der Waals surface area contributed by atoms with Crippen LogP contribution >= 0.6 is 0 Å². The molecule has 25 heavy (non-hydrogen) atoms. The van der Waals surface area contributed by atoms with Crippen molar-refractivity contribution in [2.24, 2.45) is 5.73 Å². The van der Waals surface area contributed by atoms with Crippen LogP contribution in [0.1, 0.15) is 46.7 Å². The Hall–Kier alpha value is -2.76. The number of hydrogen-bond donors (Lipinski definition) is 1. The number of nitrogens with zero attached hydrogens (tertiary/aromatic N) is 1. The molecule has 0 saturated heterocycles. The highest BCUT2D eigenvalue weighted by Crippen LogP contribution is 2.39. The number of carbonyl (C=O) groups excluding carboxylic acids is 2. The van der Waals surface area contributed by atoms with E-state index in [1.165, 1.54) is 7.11 Å². The summed E-state index contributed by atoms with van der Waals surface area (Å²) >= 11 is 0. The molecule has 2 heterocycles. The molecular weight excluding hydrogens is 320 g/mol. The van der Waals surface area contributed by atoms with Crippen molar-refractivity contribution in [3.05, 3.63) is 53.0 Å². The fourth-order valence-electron chi connectivity index (χ4n) is 3.48. The summed E-state index contributed by atoms with van der Waals surface area (Å²) < 4.78 is 10.4. The number of ether oxygens (including phenoxy) is 1. The summed E-state index contributed by atoms with van der Waals surface area (Å²) in [6, 6.07) is 9.74. The number of amides is 1. The first-order valence-corrected chi connectivity index (χ1v) is 8.25. The van der Waals surface area contributed by atoms with E-state index in [4.69, 9.17) is 14.9 Å². The van der Waals surface area contributed by atoms with Crippen LogP contribution in [0.5, 0.6) is 0 Å². The van der Waals surface area contributed by atoms with E-state index < -0.39 is 5.97 Å². The minimum absolute atomic E-state index is 0.111. The van der Waals surface area contributed by atoms with E-state index in [0.29, 0.717) is 18.7 Å². The second kappa shape index (κ2) is 6.63. The lowest BCUT2D eigenvalue weighted by molar-refractivity contribution is -0.119. The highest BCUT2D eigenvalue weighted by atomic mass is 16.5. The van der Waals surface area contributed by atoms with E-state index in [1.807, 2.05) is 37.3 Å². The Morgan fingerprint density at radius 1 is 1.36 bits per heavy atom. The average molecular weight is 342 g/mol. The largest absolute Gasteiger partial charge is 0.463 e. The van der Waals surface area contributed by atoms with Crippen LogP contribution in [0, 0.1) is 6.92 Å². The zero-order valence-corrected chi connectivity index (χ0v) is 14.6. The standard InChI is InChI=1S/C19H22N2O4/c1-11-8-13(25-17(11)19(23)24-3)10-21-12(2)9-15(18(20)22)14-6-4-5-7-16(14)21/h4-8,12,15H,9-10H2,1-3H3,(H2,20,22)/t12-,15+/m1/s1. The molecule has 2 atom stereocenters. The number of para-hydroxylation sites is 1. The number of rotatable bonds is 4. The van der Waals surface area contributed by atoms with Gasteiger partial charge in [-0.2, -0.15) is 0 Å². The van der Waals surface area contributed by atoms with Crippen LogP contribution in [0.15, 0.2) is 34.7 Å². The highest BCUT2D eigenvalue weighted by molar-refractivity contribution is 5.88. The average Bonchev–Trinajstić information content (AvgIpc) is 2.96. The number of benzene rings is 1. The molecule has 1 aliphatic rings. The molecule has 0 bridgehead atoms. The third-order valence-corrected chi connectivity index (χ3v) is 4.74. The first-order chi connectivity index (χ1) is 11.9. The zero-order chi connectivity index (χ0) is 18.1. The van der Waals surface area contributed by atoms with Crippen molar-refractivity contribution in [2.45, 2.75) is 38.8 Å². The van der Waals surface area contributed by atoms with Crippen molar-refractivity contribution in [1.82, 2.24) is 0 Å². The molecule has 132 valence electrons. The van der Waals surface area contributed by atoms with Gasteiger partial charge in [0.05, 0.1) is 19.6 Å². The molecule has 0 spiro atoms. The molecule has 3 rings (SSSR count). The molecule has 2 aromatic rings. The van der Waals surface area contributed by atoms with Crippen LogP contribution in [0.3, 0.4) is 0 Å². The smallest absolute Gasteiger partial charge is 0.374 e. The van der Waals surface area contributed by atoms with Gasteiger partial charge in [0.15, 0.2) is 0 Å². The molecule has 1 aliphatic heterocycles. The van der Waals surface area contributed by atoms with Crippen LogP contribution in [-0.4, -0.2) is 25.0 Å². The lowest BCUT2D eigenvalue weighted by atomic mass is 9.85. The molecule has 6 heteroatoms. The third kappa shape index (κ3) is 3.12. The molecule has 1 amide bonds. The molecule has 1 aromatic heterocycles. The second-order valence-electron chi connectivity index (χ2n) is 6.44. The van der Waals surface area contributed by atoms with E-state index in [0.717, 1.165) is 16.8 Å². The highest BCUT2D eigenvalue weighted by Gasteiger charge is 2.33. The number of carbonyl (C=O) groups is 2. The normalized spacial score (nSPS) is 19.4. The van der Waals surface area contributed by atoms with Crippen molar-refractivity contribution in [3.8, 4) is 0 Å². The molecule has 0 saturated carbocycles. The van der Waals surface area contributed by atoms with Gasteiger partial charge in [-0.25, -0.2) is 4.79 Å². The number of furan rings is 1. The van der Waals surface area contributed by atoms with Crippen molar-refractivity contribution in [3.63, 3.8) is 0 Å². The van der Waals surface area contributed by atoms with E-state index in [-0.39, 0.29) is 23.6 Å². The van der Waals surface area contributed by atoms with Gasteiger partial charge >= 0.3 is 5.97 Å². The van der Waals surface area contributed by atoms with Crippen LogP contribution in [0.4, 0.5) is 5.69 Å². The molecule has 0 unspecified atom stereocenters. The molecule has 6 nitrogen and oxygen atoms in total. The zero-order valence-electron chi connectivity index (χ0n) is 14.6. The van der Waals surface area contributed by atoms with Crippen LogP contribution < -0.4 is 10.6 Å². The number of aryl methyl sites for hydroxylation is 1. The molecule has 0 radical (unpaired) electrons. The minimum Gasteiger partial charge on any atom is -0.463 e. The lowest BCUT2D eigenvalue weighted by Crippen LogP contribution is -2.41. The number of hydrogen-bond acceptors (Lipinski definition) is 5. The van der Waals surface area contributed by atoms with Gasteiger partial charge in [0, 0.05) is 17.3 Å². The maximum atomic E-state index is 11.8. The van der Waals surface area contributed by atoms with Crippen molar-refractivity contribution < 1.29 is 18.7 Å². The SMILES string of the molecule is COC(=O)c1oc(CN2c3ccccc3[C@@H](C(N)=O)C[C@H]2C)cc1C. The monoisotopic (exact) mass is 342 g/mol. The van der Waals surface area contributed by atoms with E-state index in [9.17, 15) is 9.59 Å². The molecule has 2 N–H and O–H groups in total. The number of esters is 1. The van der Waals surface area contributed by atoms with Crippen LogP contribution in [0.25, 0.3) is 0 Å². The van der Waals surface area contributed by atoms with Gasteiger partial charge in [-0.05, 0) is 38.0 Å². The lowest BCUT2D eigenvalue weighted by Gasteiger charge is -2.39. The Balaban J connectivity index is 1.93. The summed E-state index contributed by atoms with van der Waals surface area (Å²) in [5, 5.41) is 0. The molecular formula is C19H22N2O4. The number of fused-ring (bicyclic) bond motifs is 1. The predicted octanol–water partition coefficient (Wildman–Crippen LogP) is 2.74. The summed E-state index contributed by atoms with van der Waals surface area (Å²) in [7, 11) is 1.33. The Kier molecular flexibility index (Phi) is 4.53. The second-order valence-corrected chi connectivity index (χ2v) is 6.44. The first-order valence-electron chi connectivity index (χ1n) is 8.25. The number of nitrogens with two attached hydrogens (primary N) is 1. The first kappa shape index (κ1) is 17.1. The number of anilines is 1. The van der Waals surface area contributed by atoms with Gasteiger partial charge in [0.1, 0.15) is 5.76 Å². The minimum atomic E-state index is -0.482. The topological polar surface area (TPSA) is 85.8 Å².